The number of thiophene rings is 1. The van der Waals surface area contributed by atoms with E-state index in [-0.39, 0.29) is 11.7 Å². The summed E-state index contributed by atoms with van der Waals surface area (Å²) >= 11 is 3.10. The van der Waals surface area contributed by atoms with Gasteiger partial charge in [-0.1, -0.05) is 48.2 Å². The normalized spacial score (nSPS) is 11.0. The van der Waals surface area contributed by atoms with Crippen molar-refractivity contribution in [3.05, 3.63) is 69.9 Å². The Balaban J connectivity index is 1.50. The van der Waals surface area contributed by atoms with Crippen molar-refractivity contribution in [3.8, 4) is 22.5 Å². The summed E-state index contributed by atoms with van der Waals surface area (Å²) in [4.78, 5) is 13.7. The molecule has 2 aromatic heterocycles. The topological polar surface area (TPSA) is 59.8 Å². The summed E-state index contributed by atoms with van der Waals surface area (Å²) in [5.41, 5.74) is 6.49. The van der Waals surface area contributed by atoms with Gasteiger partial charge in [-0.25, -0.2) is 0 Å². The van der Waals surface area contributed by atoms with E-state index >= 15 is 0 Å². The van der Waals surface area contributed by atoms with Gasteiger partial charge in [0.25, 0.3) is 0 Å². The van der Waals surface area contributed by atoms with Crippen molar-refractivity contribution >= 4 is 34.7 Å². The highest BCUT2D eigenvalue weighted by atomic mass is 32.2. The molecular weight excluding hydrogens is 424 g/mol. The first-order chi connectivity index (χ1) is 14.9. The van der Waals surface area contributed by atoms with Crippen molar-refractivity contribution in [2.75, 3.05) is 11.1 Å². The Morgan fingerprint density at radius 2 is 1.77 bits per heavy atom. The lowest BCUT2D eigenvalue weighted by atomic mass is 10.0. The van der Waals surface area contributed by atoms with Gasteiger partial charge < -0.3 is 9.88 Å². The fourth-order valence-corrected chi connectivity index (χ4v) is 5.21. The fraction of sp³-hybridized carbons (Fsp3) is 0.208. The molecule has 0 atom stereocenters. The van der Waals surface area contributed by atoms with Crippen LogP contribution in [0.5, 0.6) is 0 Å². The van der Waals surface area contributed by atoms with Crippen LogP contribution in [0.25, 0.3) is 22.5 Å². The number of hydrogen-bond donors (Lipinski definition) is 1. The number of nitrogens with zero attached hydrogens (tertiary/aromatic N) is 3. The minimum absolute atomic E-state index is 0.0593. The number of benzene rings is 2. The predicted octanol–water partition coefficient (Wildman–Crippen LogP) is 5.87. The standard InChI is InChI=1S/C24H24N4OS2/c1-15-10-16(2)12-19(11-15)25-21(29)14-31-24-27-26-23(28(24)4)20-13-30-17(3)22(20)18-8-6-5-7-9-18/h5-13H,14H2,1-4H3,(H,25,29). The summed E-state index contributed by atoms with van der Waals surface area (Å²) in [6, 6.07) is 16.4. The highest BCUT2D eigenvalue weighted by molar-refractivity contribution is 7.99. The molecule has 0 aliphatic heterocycles. The lowest BCUT2D eigenvalue weighted by Gasteiger charge is -2.08. The highest BCUT2D eigenvalue weighted by Crippen LogP contribution is 2.38. The van der Waals surface area contributed by atoms with E-state index in [1.54, 1.807) is 11.3 Å². The van der Waals surface area contributed by atoms with E-state index < -0.39 is 0 Å². The Kier molecular flexibility index (Phi) is 6.25. The number of aromatic nitrogens is 3. The first-order valence-corrected chi connectivity index (χ1v) is 11.8. The van der Waals surface area contributed by atoms with E-state index in [0.29, 0.717) is 5.16 Å². The minimum Gasteiger partial charge on any atom is -0.325 e. The molecule has 0 spiro atoms. The van der Waals surface area contributed by atoms with Crippen LogP contribution in [-0.4, -0.2) is 26.4 Å². The zero-order valence-corrected chi connectivity index (χ0v) is 19.6. The van der Waals surface area contributed by atoms with Gasteiger partial charge >= 0.3 is 0 Å². The molecule has 2 heterocycles. The van der Waals surface area contributed by atoms with E-state index in [0.717, 1.165) is 28.2 Å². The number of carbonyl (C=O) groups is 1. The Labute approximate surface area is 190 Å². The second kappa shape index (κ2) is 9.08. The lowest BCUT2D eigenvalue weighted by Crippen LogP contribution is -2.14. The molecule has 0 radical (unpaired) electrons. The van der Waals surface area contributed by atoms with E-state index in [2.05, 4.69) is 46.0 Å². The molecular formula is C24H24N4OS2. The van der Waals surface area contributed by atoms with Gasteiger partial charge in [0.15, 0.2) is 11.0 Å². The molecule has 0 aliphatic carbocycles. The Bertz CT molecular complexity index is 1210. The molecule has 0 fully saturated rings. The van der Waals surface area contributed by atoms with Gasteiger partial charge in [-0.3, -0.25) is 4.79 Å². The van der Waals surface area contributed by atoms with E-state index in [9.17, 15) is 4.79 Å². The van der Waals surface area contributed by atoms with Crippen LogP contribution in [0.1, 0.15) is 16.0 Å². The van der Waals surface area contributed by atoms with Crippen molar-refractivity contribution < 1.29 is 4.79 Å². The molecule has 4 aromatic rings. The third kappa shape index (κ3) is 4.73. The third-order valence-electron chi connectivity index (χ3n) is 4.95. The second-order valence-electron chi connectivity index (χ2n) is 7.53. The molecule has 1 amide bonds. The largest absolute Gasteiger partial charge is 0.325 e. The van der Waals surface area contributed by atoms with Crippen LogP contribution >= 0.6 is 23.1 Å². The van der Waals surface area contributed by atoms with Crippen molar-refractivity contribution in [1.29, 1.82) is 0 Å². The molecule has 0 saturated carbocycles. The zero-order chi connectivity index (χ0) is 22.0. The number of hydrogen-bond acceptors (Lipinski definition) is 5. The second-order valence-corrected chi connectivity index (χ2v) is 9.55. The maximum absolute atomic E-state index is 12.5. The molecule has 0 saturated heterocycles. The lowest BCUT2D eigenvalue weighted by molar-refractivity contribution is -0.113. The van der Waals surface area contributed by atoms with Crippen LogP contribution in [0.15, 0.2) is 59.1 Å². The average molecular weight is 449 g/mol. The first kappa shape index (κ1) is 21.3. The Hall–Kier alpha value is -2.90. The highest BCUT2D eigenvalue weighted by Gasteiger charge is 2.19. The SMILES string of the molecule is Cc1cc(C)cc(NC(=O)CSc2nnc(-c3csc(C)c3-c3ccccc3)n2C)c1. The quantitative estimate of drug-likeness (QED) is 0.375. The van der Waals surface area contributed by atoms with Gasteiger partial charge in [-0.15, -0.1) is 21.5 Å². The Morgan fingerprint density at radius 1 is 1.06 bits per heavy atom. The van der Waals surface area contributed by atoms with Gasteiger partial charge in [0, 0.05) is 34.1 Å². The van der Waals surface area contributed by atoms with Gasteiger partial charge in [0.2, 0.25) is 5.91 Å². The van der Waals surface area contributed by atoms with Crippen molar-refractivity contribution in [3.63, 3.8) is 0 Å². The van der Waals surface area contributed by atoms with Crippen LogP contribution in [0.3, 0.4) is 0 Å². The van der Waals surface area contributed by atoms with Gasteiger partial charge in [0.1, 0.15) is 0 Å². The molecule has 31 heavy (non-hydrogen) atoms. The first-order valence-electron chi connectivity index (χ1n) is 9.96. The molecule has 0 unspecified atom stereocenters. The monoisotopic (exact) mass is 448 g/mol. The van der Waals surface area contributed by atoms with Crippen molar-refractivity contribution in [1.82, 2.24) is 14.8 Å². The Morgan fingerprint density at radius 3 is 2.48 bits per heavy atom. The summed E-state index contributed by atoms with van der Waals surface area (Å²) in [5, 5.41) is 14.6. The van der Waals surface area contributed by atoms with Gasteiger partial charge in [-0.2, -0.15) is 0 Å². The zero-order valence-electron chi connectivity index (χ0n) is 18.0. The number of rotatable bonds is 6. The van der Waals surface area contributed by atoms with E-state index in [1.807, 2.05) is 55.8 Å². The minimum atomic E-state index is -0.0593. The van der Waals surface area contributed by atoms with Crippen molar-refractivity contribution in [2.24, 2.45) is 7.05 Å². The molecule has 158 valence electrons. The van der Waals surface area contributed by atoms with Crippen LogP contribution in [0.4, 0.5) is 5.69 Å². The summed E-state index contributed by atoms with van der Waals surface area (Å²) in [6.07, 6.45) is 0. The van der Waals surface area contributed by atoms with Crippen LogP contribution in [0.2, 0.25) is 0 Å². The number of amides is 1. The molecule has 0 bridgehead atoms. The smallest absolute Gasteiger partial charge is 0.234 e. The van der Waals surface area contributed by atoms with E-state index in [1.165, 1.54) is 27.8 Å². The molecule has 1 N–H and O–H groups in total. The van der Waals surface area contributed by atoms with Crippen LogP contribution < -0.4 is 5.32 Å². The average Bonchev–Trinajstić information content (AvgIpc) is 3.28. The summed E-state index contributed by atoms with van der Waals surface area (Å²) in [7, 11) is 1.95. The molecule has 7 heteroatoms. The van der Waals surface area contributed by atoms with E-state index in [4.69, 9.17) is 0 Å². The van der Waals surface area contributed by atoms with Crippen LogP contribution in [0, 0.1) is 20.8 Å². The van der Waals surface area contributed by atoms with Crippen molar-refractivity contribution in [2.45, 2.75) is 25.9 Å². The summed E-state index contributed by atoms with van der Waals surface area (Å²) < 4.78 is 1.96. The number of aryl methyl sites for hydroxylation is 3. The predicted molar refractivity (Wildman–Crippen MR) is 130 cm³/mol. The molecule has 2 aromatic carbocycles. The van der Waals surface area contributed by atoms with Gasteiger partial charge in [0.05, 0.1) is 5.75 Å². The number of nitrogens with one attached hydrogen (secondary N) is 1. The number of carbonyl (C=O) groups excluding carboxylic acids is 1. The third-order valence-corrected chi connectivity index (χ3v) is 6.88. The maximum atomic E-state index is 12.5. The fourth-order valence-electron chi connectivity index (χ4n) is 3.63. The molecule has 0 aliphatic rings. The van der Waals surface area contributed by atoms with Crippen LogP contribution in [-0.2, 0) is 11.8 Å². The summed E-state index contributed by atoms with van der Waals surface area (Å²) in [5.74, 6) is 1.02. The maximum Gasteiger partial charge on any atom is 0.234 e. The molecule has 4 rings (SSSR count). The molecule has 5 nitrogen and oxygen atoms in total. The number of thioether (sulfide) groups is 1. The van der Waals surface area contributed by atoms with Gasteiger partial charge in [-0.05, 0) is 49.6 Å². The number of anilines is 1. The summed E-state index contributed by atoms with van der Waals surface area (Å²) in [6.45, 7) is 6.17.